The van der Waals surface area contributed by atoms with Crippen LogP contribution in [0.2, 0.25) is 0 Å². The number of carbonyl (C=O) groups excluding carboxylic acids is 1. The number of hydrogen-bond donors (Lipinski definition) is 0. The zero-order valence-corrected chi connectivity index (χ0v) is 13.3. The van der Waals surface area contributed by atoms with Gasteiger partial charge >= 0.3 is 5.97 Å². The molecule has 0 amide bonds. The maximum Gasteiger partial charge on any atom is 0.335 e. The van der Waals surface area contributed by atoms with E-state index in [1.807, 2.05) is 42.5 Å². The lowest BCUT2D eigenvalue weighted by molar-refractivity contribution is -0.136. The largest absolute Gasteiger partial charge is 0.466 e. The van der Waals surface area contributed by atoms with Crippen molar-refractivity contribution in [2.45, 2.75) is 13.0 Å². The van der Waals surface area contributed by atoms with Gasteiger partial charge in [0, 0.05) is 17.1 Å². The van der Waals surface area contributed by atoms with Crippen LogP contribution in [0.3, 0.4) is 0 Å². The molecule has 0 saturated heterocycles. The molecule has 1 heterocycles. The number of ether oxygens (including phenoxy) is 1. The quantitative estimate of drug-likeness (QED) is 0.532. The second-order valence-corrected chi connectivity index (χ2v) is 5.57. The van der Waals surface area contributed by atoms with Gasteiger partial charge in [0.05, 0.1) is 18.7 Å². The second-order valence-electron chi connectivity index (χ2n) is 5.57. The van der Waals surface area contributed by atoms with Gasteiger partial charge in [0.15, 0.2) is 0 Å². The summed E-state index contributed by atoms with van der Waals surface area (Å²) in [5.74, 6) is -0.394. The van der Waals surface area contributed by atoms with Crippen molar-refractivity contribution in [1.82, 2.24) is 4.57 Å². The van der Waals surface area contributed by atoms with Crippen LogP contribution in [0.4, 0.5) is 0 Å². The Morgan fingerprint density at radius 1 is 1.09 bits per heavy atom. The van der Waals surface area contributed by atoms with Gasteiger partial charge in [0.25, 0.3) is 0 Å². The van der Waals surface area contributed by atoms with Crippen molar-refractivity contribution in [1.29, 1.82) is 0 Å². The third kappa shape index (κ3) is 2.66. The highest BCUT2D eigenvalue weighted by Crippen LogP contribution is 2.32. The first-order chi connectivity index (χ1) is 11.1. The van der Waals surface area contributed by atoms with Gasteiger partial charge in [0.1, 0.15) is 0 Å². The Morgan fingerprint density at radius 2 is 1.74 bits per heavy atom. The molecule has 3 aromatic rings. The molecule has 23 heavy (non-hydrogen) atoms. The van der Waals surface area contributed by atoms with Crippen LogP contribution < -0.4 is 0 Å². The molecule has 0 N–H and O–H groups in total. The molecule has 0 radical (unpaired) electrons. The second kappa shape index (κ2) is 6.13. The summed E-state index contributed by atoms with van der Waals surface area (Å²) < 4.78 is 7.00. The van der Waals surface area contributed by atoms with E-state index in [4.69, 9.17) is 4.74 Å². The first kappa shape index (κ1) is 15.1. The SMILES string of the molecule is C=C(C(=O)OC)[C@H](c1ccccc1)n1cc(C)c2ccccc21. The minimum absolute atomic E-state index is 0.290. The lowest BCUT2D eigenvalue weighted by atomic mass is 9.99. The molecule has 0 bridgehead atoms. The Bertz CT molecular complexity index is 862. The van der Waals surface area contributed by atoms with Gasteiger partial charge in [-0.15, -0.1) is 0 Å². The predicted octanol–water partition coefficient (Wildman–Crippen LogP) is 4.27. The third-order valence-corrected chi connectivity index (χ3v) is 4.11. The molecule has 0 fully saturated rings. The number of esters is 1. The van der Waals surface area contributed by atoms with Crippen LogP contribution in [0.25, 0.3) is 10.9 Å². The van der Waals surface area contributed by atoms with E-state index in [1.165, 1.54) is 18.1 Å². The van der Waals surface area contributed by atoms with Gasteiger partial charge < -0.3 is 9.30 Å². The summed E-state index contributed by atoms with van der Waals surface area (Å²) in [5.41, 5.74) is 3.66. The number of carbonyl (C=O) groups is 1. The molecule has 3 rings (SSSR count). The Labute approximate surface area is 135 Å². The van der Waals surface area contributed by atoms with Gasteiger partial charge in [-0.05, 0) is 24.1 Å². The average molecular weight is 305 g/mol. The molecule has 0 saturated carbocycles. The minimum atomic E-state index is -0.394. The molecule has 0 aliphatic carbocycles. The molecule has 2 aromatic carbocycles. The number of aromatic nitrogens is 1. The van der Waals surface area contributed by atoms with Crippen LogP contribution in [0.15, 0.2) is 72.9 Å². The highest BCUT2D eigenvalue weighted by Gasteiger charge is 2.24. The topological polar surface area (TPSA) is 31.2 Å². The van der Waals surface area contributed by atoms with E-state index < -0.39 is 5.97 Å². The van der Waals surface area contributed by atoms with Crippen LogP contribution in [0.5, 0.6) is 0 Å². The molecule has 0 unspecified atom stereocenters. The van der Waals surface area contributed by atoms with E-state index in [0.717, 1.165) is 11.1 Å². The van der Waals surface area contributed by atoms with Crippen molar-refractivity contribution in [2.75, 3.05) is 7.11 Å². The lowest BCUT2D eigenvalue weighted by Crippen LogP contribution is -2.18. The minimum Gasteiger partial charge on any atom is -0.466 e. The summed E-state index contributed by atoms with van der Waals surface area (Å²) >= 11 is 0. The zero-order valence-electron chi connectivity index (χ0n) is 13.3. The fourth-order valence-corrected chi connectivity index (χ4v) is 3.00. The normalized spacial score (nSPS) is 12.1. The van der Waals surface area contributed by atoms with Crippen molar-refractivity contribution in [3.63, 3.8) is 0 Å². The standard InChI is InChI=1S/C20H19NO2/c1-14-13-21(18-12-8-7-11-17(14)18)19(15(2)20(22)23-3)16-9-5-4-6-10-16/h4-13,19H,2H2,1,3H3/t19-/m1/s1. The van der Waals surface area contributed by atoms with Crippen molar-refractivity contribution >= 4 is 16.9 Å². The molecule has 0 spiro atoms. The average Bonchev–Trinajstić information content (AvgIpc) is 2.92. The molecule has 3 nitrogen and oxygen atoms in total. The summed E-state index contributed by atoms with van der Waals surface area (Å²) in [6.07, 6.45) is 2.07. The molecule has 0 aliphatic rings. The van der Waals surface area contributed by atoms with E-state index in [9.17, 15) is 4.79 Å². The van der Waals surface area contributed by atoms with Gasteiger partial charge in [-0.2, -0.15) is 0 Å². The van der Waals surface area contributed by atoms with Gasteiger partial charge in [0.2, 0.25) is 0 Å². The highest BCUT2D eigenvalue weighted by molar-refractivity contribution is 5.91. The smallest absolute Gasteiger partial charge is 0.335 e. The van der Waals surface area contributed by atoms with E-state index in [-0.39, 0.29) is 6.04 Å². The fraction of sp³-hybridized carbons (Fsp3) is 0.150. The number of hydrogen-bond acceptors (Lipinski definition) is 2. The number of para-hydroxylation sites is 1. The highest BCUT2D eigenvalue weighted by atomic mass is 16.5. The van der Waals surface area contributed by atoms with Crippen molar-refractivity contribution in [2.24, 2.45) is 0 Å². The zero-order chi connectivity index (χ0) is 16.4. The summed E-state index contributed by atoms with van der Waals surface area (Å²) in [6, 6.07) is 17.8. The van der Waals surface area contributed by atoms with Crippen LogP contribution >= 0.6 is 0 Å². The van der Waals surface area contributed by atoms with Crippen molar-refractivity contribution < 1.29 is 9.53 Å². The summed E-state index contributed by atoms with van der Waals surface area (Å²) in [4.78, 5) is 12.1. The summed E-state index contributed by atoms with van der Waals surface area (Å²) in [5, 5.41) is 1.17. The molecule has 1 aromatic heterocycles. The van der Waals surface area contributed by atoms with E-state index in [0.29, 0.717) is 5.57 Å². The molecular formula is C20H19NO2. The van der Waals surface area contributed by atoms with E-state index in [2.05, 4.69) is 36.4 Å². The van der Waals surface area contributed by atoms with Gasteiger partial charge in [-0.3, -0.25) is 0 Å². The Morgan fingerprint density at radius 3 is 2.43 bits per heavy atom. The van der Waals surface area contributed by atoms with Crippen LogP contribution in [-0.4, -0.2) is 17.6 Å². The Balaban J connectivity index is 2.22. The molecule has 1 atom stereocenters. The number of aryl methyl sites for hydroxylation is 1. The molecule has 3 heteroatoms. The molecule has 0 aliphatic heterocycles. The monoisotopic (exact) mass is 305 g/mol. The maximum absolute atomic E-state index is 12.1. The van der Waals surface area contributed by atoms with Crippen LogP contribution in [-0.2, 0) is 9.53 Å². The molecule has 116 valence electrons. The number of fused-ring (bicyclic) bond motifs is 1. The number of nitrogens with zero attached hydrogens (tertiary/aromatic N) is 1. The Hall–Kier alpha value is -2.81. The Kier molecular flexibility index (Phi) is 4.02. The predicted molar refractivity (Wildman–Crippen MR) is 92.4 cm³/mol. The first-order valence-corrected chi connectivity index (χ1v) is 7.51. The van der Waals surface area contributed by atoms with E-state index in [1.54, 1.807) is 0 Å². The van der Waals surface area contributed by atoms with Crippen molar-refractivity contribution in [3.05, 3.63) is 84.1 Å². The fourth-order valence-electron chi connectivity index (χ4n) is 3.00. The lowest BCUT2D eigenvalue weighted by Gasteiger charge is -2.22. The first-order valence-electron chi connectivity index (χ1n) is 7.51. The number of methoxy groups -OCH3 is 1. The summed E-state index contributed by atoms with van der Waals surface area (Å²) in [7, 11) is 1.38. The maximum atomic E-state index is 12.1. The van der Waals surface area contributed by atoms with E-state index >= 15 is 0 Å². The summed E-state index contributed by atoms with van der Waals surface area (Å²) in [6.45, 7) is 6.07. The number of rotatable bonds is 4. The van der Waals surface area contributed by atoms with Gasteiger partial charge in [-0.25, -0.2) is 4.79 Å². The van der Waals surface area contributed by atoms with Crippen molar-refractivity contribution in [3.8, 4) is 0 Å². The molecular weight excluding hydrogens is 286 g/mol. The van der Waals surface area contributed by atoms with Gasteiger partial charge in [-0.1, -0.05) is 55.1 Å². The third-order valence-electron chi connectivity index (χ3n) is 4.11. The van der Waals surface area contributed by atoms with Crippen LogP contribution in [0.1, 0.15) is 17.2 Å². The number of benzene rings is 2. The van der Waals surface area contributed by atoms with Crippen LogP contribution in [0, 0.1) is 6.92 Å².